The number of aromatic nitrogens is 1. The summed E-state index contributed by atoms with van der Waals surface area (Å²) >= 11 is 0.981. The van der Waals surface area contributed by atoms with E-state index in [1.807, 2.05) is 0 Å². The standard InChI is InChI=1S/C19H18N4O10S2.2Na/c20-17-21-9(5-34-17)12(22-33-18(1-2-18)15(27)28)10(24)4-8-13(26)23-14(8)35(31)6-7-3-11(25)32-19(7,23)16(29)30;;/h5,7-8,14H,1-4,6H2,(H2,20,21)(H,27,28)(H,29,30);;/q;2*+1/p-2/b22-12-;;/t7-,8+,14+,19+,35-;;/m0../s1. The van der Waals surface area contributed by atoms with Crippen LogP contribution in [0.25, 0.3) is 0 Å². The van der Waals surface area contributed by atoms with Crippen LogP contribution < -0.4 is 75.1 Å². The van der Waals surface area contributed by atoms with Gasteiger partial charge in [0.15, 0.2) is 22.2 Å². The number of aliphatic carboxylic acids is 2. The molecule has 1 amide bonds. The number of thiazole rings is 1. The zero-order chi connectivity index (χ0) is 25.3. The van der Waals surface area contributed by atoms with Crippen molar-refractivity contribution < 1.29 is 107 Å². The van der Waals surface area contributed by atoms with Gasteiger partial charge in [-0.1, -0.05) is 5.16 Å². The number of nitrogens with zero attached hydrogens (tertiary/aromatic N) is 3. The number of carboxylic acid groups (broad SMARTS) is 2. The molecule has 0 radical (unpaired) electrons. The Balaban J connectivity index is 0.00000190. The van der Waals surface area contributed by atoms with Crippen molar-refractivity contribution in [3.63, 3.8) is 0 Å². The Bertz CT molecular complexity index is 1250. The molecule has 5 rings (SSSR count). The van der Waals surface area contributed by atoms with Gasteiger partial charge in [-0.15, -0.1) is 11.3 Å². The van der Waals surface area contributed by atoms with Gasteiger partial charge >= 0.3 is 65.1 Å². The molecule has 0 bridgehead atoms. The molecule has 1 aromatic rings. The van der Waals surface area contributed by atoms with Crippen LogP contribution in [0, 0.1) is 11.8 Å². The molecule has 1 aromatic heterocycles. The van der Waals surface area contributed by atoms with Crippen molar-refractivity contribution >= 4 is 62.6 Å². The zero-order valence-electron chi connectivity index (χ0n) is 19.7. The number of carbonyl (C=O) groups excluding carboxylic acids is 5. The summed E-state index contributed by atoms with van der Waals surface area (Å²) in [4.78, 5) is 70.9. The van der Waals surface area contributed by atoms with Crippen LogP contribution in [0.3, 0.4) is 0 Å². The number of oxime groups is 1. The Hall–Kier alpha value is -1.40. The number of hydrogen-bond donors (Lipinski definition) is 1. The maximum atomic E-state index is 13.1. The number of nitrogens with two attached hydrogens (primary N) is 1. The number of ether oxygens (including phenoxy) is 1. The number of β-lactam (4-membered cyclic amide) rings is 1. The Morgan fingerprint density at radius 2 is 1.95 bits per heavy atom. The van der Waals surface area contributed by atoms with Crippen LogP contribution in [0.1, 0.15) is 31.4 Å². The second-order valence-electron chi connectivity index (χ2n) is 8.62. The number of rotatable bonds is 8. The first-order valence-electron chi connectivity index (χ1n) is 10.4. The van der Waals surface area contributed by atoms with Gasteiger partial charge in [-0.25, -0.2) is 4.98 Å². The smallest absolute Gasteiger partial charge is 0.546 e. The minimum atomic E-state index is -2.37. The molecule has 3 saturated heterocycles. The molecule has 186 valence electrons. The summed E-state index contributed by atoms with van der Waals surface area (Å²) in [5, 5.41) is 27.2. The van der Waals surface area contributed by atoms with Crippen LogP contribution in [0.4, 0.5) is 5.13 Å². The van der Waals surface area contributed by atoms with Crippen molar-refractivity contribution in [1.82, 2.24) is 9.88 Å². The van der Waals surface area contributed by atoms with E-state index in [4.69, 9.17) is 15.3 Å². The fraction of sp³-hybridized carbons (Fsp3) is 0.526. The summed E-state index contributed by atoms with van der Waals surface area (Å²) in [6.45, 7) is 0. The molecule has 37 heavy (non-hydrogen) atoms. The van der Waals surface area contributed by atoms with Crippen LogP contribution in [-0.4, -0.2) is 71.9 Å². The van der Waals surface area contributed by atoms with Gasteiger partial charge in [0.05, 0.1) is 18.3 Å². The van der Waals surface area contributed by atoms with Crippen LogP contribution in [0.2, 0.25) is 0 Å². The summed E-state index contributed by atoms with van der Waals surface area (Å²) in [7, 11) is -1.79. The first kappa shape index (κ1) is 30.1. The molecule has 0 spiro atoms. The van der Waals surface area contributed by atoms with Gasteiger partial charge in [-0.3, -0.25) is 23.5 Å². The number of esters is 1. The molecule has 4 fully saturated rings. The Labute approximate surface area is 259 Å². The first-order chi connectivity index (χ1) is 16.5. The van der Waals surface area contributed by atoms with Gasteiger partial charge < -0.3 is 35.1 Å². The van der Waals surface area contributed by atoms with Crippen molar-refractivity contribution in [2.45, 2.75) is 42.4 Å². The van der Waals surface area contributed by atoms with E-state index < -0.39 is 81.1 Å². The average molecular weight is 570 g/mol. The van der Waals surface area contributed by atoms with E-state index >= 15 is 0 Å². The number of ketones is 1. The molecular formula is C19H16N4Na2O10S2. The molecule has 18 heteroatoms. The Morgan fingerprint density at radius 1 is 1.27 bits per heavy atom. The maximum absolute atomic E-state index is 13.1. The second-order valence-corrected chi connectivity index (χ2v) is 11.1. The van der Waals surface area contributed by atoms with Crippen molar-refractivity contribution in [2.24, 2.45) is 17.0 Å². The topological polar surface area (TPSA) is 222 Å². The molecule has 1 aliphatic carbocycles. The summed E-state index contributed by atoms with van der Waals surface area (Å²) in [6.07, 6.45) is -0.644. The van der Waals surface area contributed by atoms with Gasteiger partial charge in [-0.2, -0.15) is 0 Å². The molecular weight excluding hydrogens is 554 g/mol. The molecule has 4 aliphatic rings. The SMILES string of the molecule is Nc1nc(/C(=N/OC2(C(=O)[O-])CC2)C(=O)C[C@@H]2C(=O)N3[C@@H]2[S@@](=O)C[C@@H]2CC(=O)O[C@@]23C(=O)[O-])cs1.[Na+].[Na+]. The quantitative estimate of drug-likeness (QED) is 0.101. The van der Waals surface area contributed by atoms with Gasteiger partial charge in [0, 0.05) is 34.3 Å². The third-order valence-electron chi connectivity index (χ3n) is 6.50. The molecule has 1 saturated carbocycles. The maximum Gasteiger partial charge on any atom is 1.00 e. The molecule has 4 heterocycles. The first-order valence-corrected chi connectivity index (χ1v) is 12.6. The Morgan fingerprint density at radius 3 is 2.49 bits per heavy atom. The largest absolute Gasteiger partial charge is 1.00 e. The number of fused-ring (bicyclic) bond motifs is 3. The predicted molar refractivity (Wildman–Crippen MR) is 110 cm³/mol. The van der Waals surface area contributed by atoms with E-state index in [-0.39, 0.29) is 95.0 Å². The number of carboxylic acids is 2. The van der Waals surface area contributed by atoms with E-state index in [1.165, 1.54) is 5.38 Å². The van der Waals surface area contributed by atoms with Gasteiger partial charge in [-0.05, 0) is 12.8 Å². The van der Waals surface area contributed by atoms with Crippen molar-refractivity contribution in [3.8, 4) is 0 Å². The minimum absolute atomic E-state index is 0. The predicted octanol–water partition coefficient (Wildman–Crippen LogP) is -9.75. The van der Waals surface area contributed by atoms with E-state index in [2.05, 4.69) is 10.1 Å². The Kier molecular flexibility index (Phi) is 8.67. The normalized spacial score (nSPS) is 30.9. The number of nitrogen functional groups attached to an aromatic ring is 1. The molecule has 3 aliphatic heterocycles. The summed E-state index contributed by atoms with van der Waals surface area (Å²) in [5.41, 5.74) is 1.16. The molecule has 0 aromatic carbocycles. The summed E-state index contributed by atoms with van der Waals surface area (Å²) < 4.78 is 17.9. The van der Waals surface area contributed by atoms with Gasteiger partial charge in [0.25, 0.3) is 0 Å². The number of amides is 1. The average Bonchev–Trinajstić information content (AvgIpc) is 3.35. The van der Waals surface area contributed by atoms with Crippen molar-refractivity contribution in [3.05, 3.63) is 11.1 Å². The number of hydrogen-bond acceptors (Lipinski definition) is 14. The van der Waals surface area contributed by atoms with E-state index in [0.29, 0.717) is 0 Å². The number of Topliss-reactive ketones (excluding diaryl/α,β-unsaturated/α-hetero) is 1. The zero-order valence-corrected chi connectivity index (χ0v) is 25.3. The van der Waals surface area contributed by atoms with Crippen LogP contribution >= 0.6 is 11.3 Å². The molecule has 5 atom stereocenters. The molecule has 0 unspecified atom stereocenters. The van der Waals surface area contributed by atoms with Gasteiger partial charge in [0.2, 0.25) is 11.6 Å². The molecule has 14 nitrogen and oxygen atoms in total. The third-order valence-corrected chi connectivity index (χ3v) is 8.98. The van der Waals surface area contributed by atoms with E-state index in [0.717, 1.165) is 16.2 Å². The monoisotopic (exact) mass is 570 g/mol. The fourth-order valence-electron chi connectivity index (χ4n) is 4.54. The third kappa shape index (κ3) is 4.79. The fourth-order valence-corrected chi connectivity index (χ4v) is 7.10. The summed E-state index contributed by atoms with van der Waals surface area (Å²) in [6, 6.07) is 0. The van der Waals surface area contributed by atoms with Crippen LogP contribution in [0.15, 0.2) is 10.5 Å². The van der Waals surface area contributed by atoms with Crippen molar-refractivity contribution in [1.29, 1.82) is 0 Å². The summed E-state index contributed by atoms with van der Waals surface area (Å²) in [5.74, 6) is -8.31. The number of carbonyl (C=O) groups is 5. The second kappa shape index (κ2) is 10.6. The number of anilines is 1. The van der Waals surface area contributed by atoms with Crippen LogP contribution in [0.5, 0.6) is 0 Å². The molecule has 2 N–H and O–H groups in total. The van der Waals surface area contributed by atoms with Crippen LogP contribution in [-0.2, 0) is 44.3 Å². The van der Waals surface area contributed by atoms with Gasteiger partial charge in [0.1, 0.15) is 17.0 Å². The van der Waals surface area contributed by atoms with E-state index in [1.54, 1.807) is 0 Å². The minimum Gasteiger partial charge on any atom is -0.546 e. The van der Waals surface area contributed by atoms with E-state index in [9.17, 15) is 38.4 Å². The van der Waals surface area contributed by atoms with Crippen molar-refractivity contribution in [2.75, 3.05) is 11.5 Å².